The Morgan fingerprint density at radius 3 is 2.38 bits per heavy atom. The zero-order valence-electron chi connectivity index (χ0n) is 4.69. The molecular weight excluding hydrogens is 217 g/mol. The summed E-state index contributed by atoms with van der Waals surface area (Å²) in [5.74, 6) is 0. The van der Waals surface area contributed by atoms with Crippen LogP contribution in [0.2, 0.25) is 0 Å². The minimum atomic E-state index is 0.698. The maximum atomic E-state index is 5.16. The van der Waals surface area contributed by atoms with E-state index < -0.39 is 0 Å². The van der Waals surface area contributed by atoms with Crippen molar-refractivity contribution in [3.63, 3.8) is 0 Å². The molecule has 0 bridgehead atoms. The fourth-order valence-corrected chi connectivity index (χ4v) is 1.43. The molecule has 0 aromatic rings. The quantitative estimate of drug-likeness (QED) is 0.535. The van der Waals surface area contributed by atoms with Crippen molar-refractivity contribution in [1.82, 2.24) is 3.53 Å². The first kappa shape index (κ1) is 6.77. The molecular formula is C5H10INO. The Balaban J connectivity index is 2.13. The molecule has 0 spiro atoms. The standard InChI is InChI=1S/C5H10INO/c6-7-5-1-3-8-4-2-5/h5,7H,1-4H2. The van der Waals surface area contributed by atoms with Gasteiger partial charge in [-0.3, -0.25) is 3.53 Å². The van der Waals surface area contributed by atoms with Crippen LogP contribution in [0.1, 0.15) is 12.8 Å². The fraction of sp³-hybridized carbons (Fsp3) is 1.00. The van der Waals surface area contributed by atoms with Crippen molar-refractivity contribution in [2.45, 2.75) is 18.9 Å². The van der Waals surface area contributed by atoms with Crippen LogP contribution in [-0.4, -0.2) is 19.3 Å². The normalized spacial score (nSPS) is 23.6. The number of hydrogen-bond donors (Lipinski definition) is 1. The van der Waals surface area contributed by atoms with E-state index in [1.54, 1.807) is 0 Å². The molecule has 0 amide bonds. The maximum Gasteiger partial charge on any atom is 0.0481 e. The van der Waals surface area contributed by atoms with Crippen LogP contribution in [0.15, 0.2) is 0 Å². The second-order valence-corrected chi connectivity index (χ2v) is 2.62. The summed E-state index contributed by atoms with van der Waals surface area (Å²) in [6.45, 7) is 1.86. The Kier molecular flexibility index (Phi) is 3.07. The second-order valence-electron chi connectivity index (χ2n) is 2.00. The molecule has 1 heterocycles. The van der Waals surface area contributed by atoms with Crippen LogP contribution >= 0.6 is 22.9 Å². The van der Waals surface area contributed by atoms with Gasteiger partial charge < -0.3 is 4.74 Å². The molecule has 0 aromatic carbocycles. The number of nitrogens with one attached hydrogen (secondary N) is 1. The van der Waals surface area contributed by atoms with E-state index in [4.69, 9.17) is 4.74 Å². The summed E-state index contributed by atoms with van der Waals surface area (Å²) in [6.07, 6.45) is 2.34. The van der Waals surface area contributed by atoms with Gasteiger partial charge in [0.25, 0.3) is 0 Å². The van der Waals surface area contributed by atoms with Crippen molar-refractivity contribution in [3.8, 4) is 0 Å². The van der Waals surface area contributed by atoms with Crippen LogP contribution in [-0.2, 0) is 4.74 Å². The summed E-state index contributed by atoms with van der Waals surface area (Å²) >= 11 is 2.20. The number of hydrogen-bond acceptors (Lipinski definition) is 2. The highest BCUT2D eigenvalue weighted by atomic mass is 127. The molecule has 0 atom stereocenters. The largest absolute Gasteiger partial charge is 0.381 e. The van der Waals surface area contributed by atoms with Gasteiger partial charge in [-0.2, -0.15) is 0 Å². The Hall–Kier alpha value is 0.650. The van der Waals surface area contributed by atoms with Crippen LogP contribution in [0, 0.1) is 0 Å². The summed E-state index contributed by atoms with van der Waals surface area (Å²) in [5.41, 5.74) is 0. The highest BCUT2D eigenvalue weighted by Gasteiger charge is 2.10. The Bertz CT molecular complexity index is 63.4. The van der Waals surface area contributed by atoms with Crippen LogP contribution in [0.4, 0.5) is 0 Å². The molecule has 1 saturated heterocycles. The predicted molar refractivity (Wildman–Crippen MR) is 41.0 cm³/mol. The number of rotatable bonds is 1. The zero-order chi connectivity index (χ0) is 5.82. The van der Waals surface area contributed by atoms with Gasteiger partial charge in [-0.25, -0.2) is 0 Å². The van der Waals surface area contributed by atoms with Crippen LogP contribution in [0.3, 0.4) is 0 Å². The van der Waals surface area contributed by atoms with Crippen molar-refractivity contribution in [3.05, 3.63) is 0 Å². The van der Waals surface area contributed by atoms with E-state index in [-0.39, 0.29) is 0 Å². The average Bonchev–Trinajstić information content (AvgIpc) is 1.90. The zero-order valence-corrected chi connectivity index (χ0v) is 6.85. The number of halogens is 1. The van der Waals surface area contributed by atoms with Gasteiger partial charge in [-0.05, 0) is 12.8 Å². The summed E-state index contributed by atoms with van der Waals surface area (Å²) in [6, 6.07) is 0.698. The third-order valence-corrected chi connectivity index (χ3v) is 2.26. The highest BCUT2D eigenvalue weighted by Crippen LogP contribution is 2.06. The van der Waals surface area contributed by atoms with Gasteiger partial charge in [-0.1, -0.05) is 0 Å². The van der Waals surface area contributed by atoms with Gasteiger partial charge in [0.05, 0.1) is 0 Å². The third-order valence-electron chi connectivity index (χ3n) is 1.38. The van der Waals surface area contributed by atoms with E-state index in [9.17, 15) is 0 Å². The lowest BCUT2D eigenvalue weighted by Gasteiger charge is -2.19. The van der Waals surface area contributed by atoms with Crippen molar-refractivity contribution < 1.29 is 4.74 Å². The van der Waals surface area contributed by atoms with Gasteiger partial charge in [-0.15, -0.1) is 0 Å². The van der Waals surface area contributed by atoms with E-state index in [1.807, 2.05) is 0 Å². The van der Waals surface area contributed by atoms with Crippen molar-refractivity contribution in [2.75, 3.05) is 13.2 Å². The van der Waals surface area contributed by atoms with Gasteiger partial charge in [0.2, 0.25) is 0 Å². The van der Waals surface area contributed by atoms with E-state index in [0.29, 0.717) is 6.04 Å². The van der Waals surface area contributed by atoms with E-state index in [0.717, 1.165) is 13.2 Å². The Labute approximate surface area is 63.5 Å². The molecule has 1 aliphatic rings. The molecule has 0 radical (unpaired) electrons. The summed E-state index contributed by atoms with van der Waals surface area (Å²) in [4.78, 5) is 0. The monoisotopic (exact) mass is 227 g/mol. The van der Waals surface area contributed by atoms with Gasteiger partial charge >= 0.3 is 0 Å². The minimum Gasteiger partial charge on any atom is -0.381 e. The molecule has 2 nitrogen and oxygen atoms in total. The second kappa shape index (κ2) is 3.63. The molecule has 48 valence electrons. The van der Waals surface area contributed by atoms with Crippen LogP contribution < -0.4 is 3.53 Å². The smallest absolute Gasteiger partial charge is 0.0481 e. The van der Waals surface area contributed by atoms with Crippen molar-refractivity contribution in [2.24, 2.45) is 0 Å². The molecule has 8 heavy (non-hydrogen) atoms. The lowest BCUT2D eigenvalue weighted by atomic mass is 10.1. The maximum absolute atomic E-state index is 5.16. The molecule has 1 N–H and O–H groups in total. The van der Waals surface area contributed by atoms with Crippen molar-refractivity contribution >= 4 is 22.9 Å². The molecule has 0 saturated carbocycles. The first-order chi connectivity index (χ1) is 3.93. The third kappa shape index (κ3) is 1.87. The minimum absolute atomic E-state index is 0.698. The Morgan fingerprint density at radius 1 is 1.38 bits per heavy atom. The molecule has 1 rings (SSSR count). The van der Waals surface area contributed by atoms with Gasteiger partial charge in [0.15, 0.2) is 0 Å². The lowest BCUT2D eigenvalue weighted by Crippen LogP contribution is -2.28. The topological polar surface area (TPSA) is 21.3 Å². The molecule has 0 aromatic heterocycles. The highest BCUT2D eigenvalue weighted by molar-refractivity contribution is 14.1. The van der Waals surface area contributed by atoms with E-state index in [1.165, 1.54) is 12.8 Å². The molecule has 0 unspecified atom stereocenters. The van der Waals surface area contributed by atoms with E-state index >= 15 is 0 Å². The predicted octanol–water partition coefficient (Wildman–Crippen LogP) is 1.10. The van der Waals surface area contributed by atoms with Crippen LogP contribution in [0.25, 0.3) is 0 Å². The average molecular weight is 227 g/mol. The first-order valence-corrected chi connectivity index (χ1v) is 3.95. The summed E-state index contributed by atoms with van der Waals surface area (Å²) in [7, 11) is 0. The van der Waals surface area contributed by atoms with Crippen LogP contribution in [0.5, 0.6) is 0 Å². The van der Waals surface area contributed by atoms with Gasteiger partial charge in [0.1, 0.15) is 0 Å². The fourth-order valence-electron chi connectivity index (χ4n) is 0.807. The molecule has 1 aliphatic heterocycles. The SMILES string of the molecule is INC1CCOCC1. The molecule has 0 aliphatic carbocycles. The van der Waals surface area contributed by atoms with Gasteiger partial charge in [0, 0.05) is 42.1 Å². The summed E-state index contributed by atoms with van der Waals surface area (Å²) < 4.78 is 8.35. The summed E-state index contributed by atoms with van der Waals surface area (Å²) in [5, 5.41) is 0. The number of ether oxygens (including phenoxy) is 1. The lowest BCUT2D eigenvalue weighted by molar-refractivity contribution is 0.0847. The molecule has 1 fully saturated rings. The Morgan fingerprint density at radius 2 is 2.00 bits per heavy atom. The first-order valence-electron chi connectivity index (χ1n) is 2.87. The van der Waals surface area contributed by atoms with Crippen molar-refractivity contribution in [1.29, 1.82) is 0 Å². The molecule has 3 heteroatoms. The van der Waals surface area contributed by atoms with E-state index in [2.05, 4.69) is 26.4 Å².